The number of carbonyl (C=O) groups excluding carboxylic acids is 1. The zero-order valence-corrected chi connectivity index (χ0v) is 15.4. The first-order valence-corrected chi connectivity index (χ1v) is 9.01. The Bertz CT molecular complexity index is 842. The second kappa shape index (κ2) is 6.46. The molecular formula is C18H19ClFN5O. The molecule has 2 saturated heterocycles. The molecule has 2 aromatic rings. The zero-order chi connectivity index (χ0) is 18.4. The van der Waals surface area contributed by atoms with Crippen LogP contribution in [0.1, 0.15) is 34.6 Å². The highest BCUT2D eigenvalue weighted by molar-refractivity contribution is 6.32. The predicted molar refractivity (Wildman–Crippen MR) is 95.9 cm³/mol. The highest BCUT2D eigenvalue weighted by Crippen LogP contribution is 2.34. The molecule has 1 amide bonds. The van der Waals surface area contributed by atoms with Gasteiger partial charge in [0.1, 0.15) is 11.0 Å². The molecule has 2 bridgehead atoms. The van der Waals surface area contributed by atoms with E-state index in [0.717, 1.165) is 42.4 Å². The number of nitrogens with zero attached hydrogens (tertiary/aromatic N) is 5. The summed E-state index contributed by atoms with van der Waals surface area (Å²) in [6.07, 6.45) is 2.96. The number of hydrogen-bond donors (Lipinski definition) is 0. The molecule has 2 aliphatic heterocycles. The smallest absolute Gasteiger partial charge is 0.257 e. The lowest BCUT2D eigenvalue weighted by Crippen LogP contribution is -2.56. The number of aryl methyl sites for hydroxylation is 2. The number of amides is 1. The van der Waals surface area contributed by atoms with Gasteiger partial charge in [0, 0.05) is 36.6 Å². The van der Waals surface area contributed by atoms with Crippen LogP contribution in [0.15, 0.2) is 18.3 Å². The summed E-state index contributed by atoms with van der Waals surface area (Å²) in [5, 5.41) is 0.0313. The van der Waals surface area contributed by atoms with Crippen LogP contribution in [0, 0.1) is 19.7 Å². The molecule has 0 radical (unpaired) electrons. The second-order valence-electron chi connectivity index (χ2n) is 6.95. The lowest BCUT2D eigenvalue weighted by atomic mass is 10.1. The highest BCUT2D eigenvalue weighted by atomic mass is 35.5. The van der Waals surface area contributed by atoms with E-state index >= 15 is 0 Å². The van der Waals surface area contributed by atoms with E-state index in [1.807, 2.05) is 19.9 Å². The van der Waals surface area contributed by atoms with Gasteiger partial charge in [0.15, 0.2) is 0 Å². The van der Waals surface area contributed by atoms with Gasteiger partial charge in [-0.2, -0.15) is 0 Å². The maximum atomic E-state index is 13.5. The van der Waals surface area contributed by atoms with E-state index in [1.54, 1.807) is 4.90 Å². The van der Waals surface area contributed by atoms with Crippen molar-refractivity contribution in [3.05, 3.63) is 46.3 Å². The number of halogens is 2. The fourth-order valence-electron chi connectivity index (χ4n) is 3.96. The normalized spacial score (nSPS) is 22.0. The molecule has 2 atom stereocenters. The molecule has 6 nitrogen and oxygen atoms in total. The summed E-state index contributed by atoms with van der Waals surface area (Å²) in [7, 11) is 0. The molecule has 4 rings (SSSR count). The van der Waals surface area contributed by atoms with E-state index in [4.69, 9.17) is 11.6 Å². The minimum absolute atomic E-state index is 0.0313. The Morgan fingerprint density at radius 3 is 2.38 bits per heavy atom. The number of piperazine rings is 1. The van der Waals surface area contributed by atoms with Gasteiger partial charge in [0.05, 0.1) is 11.8 Å². The molecule has 0 saturated carbocycles. The molecule has 136 valence electrons. The second-order valence-corrected chi connectivity index (χ2v) is 7.30. The Kier molecular flexibility index (Phi) is 4.26. The molecule has 4 heterocycles. The molecule has 2 fully saturated rings. The van der Waals surface area contributed by atoms with Crippen molar-refractivity contribution in [1.82, 2.24) is 19.9 Å². The van der Waals surface area contributed by atoms with Crippen molar-refractivity contribution in [2.24, 2.45) is 0 Å². The zero-order valence-electron chi connectivity index (χ0n) is 14.6. The van der Waals surface area contributed by atoms with Crippen LogP contribution in [0.2, 0.25) is 5.15 Å². The number of aromatic nitrogens is 3. The minimum atomic E-state index is -0.567. The van der Waals surface area contributed by atoms with Crippen LogP contribution >= 0.6 is 11.6 Å². The van der Waals surface area contributed by atoms with Crippen molar-refractivity contribution in [3.63, 3.8) is 0 Å². The quantitative estimate of drug-likeness (QED) is 0.755. The Labute approximate surface area is 156 Å². The van der Waals surface area contributed by atoms with Crippen molar-refractivity contribution < 1.29 is 9.18 Å². The van der Waals surface area contributed by atoms with Gasteiger partial charge >= 0.3 is 0 Å². The third-order valence-corrected chi connectivity index (χ3v) is 5.31. The fraction of sp³-hybridized carbons (Fsp3) is 0.444. The average Bonchev–Trinajstić information content (AvgIpc) is 2.85. The van der Waals surface area contributed by atoms with Gasteiger partial charge in [-0.25, -0.2) is 19.3 Å². The van der Waals surface area contributed by atoms with Crippen molar-refractivity contribution in [2.45, 2.75) is 38.8 Å². The maximum absolute atomic E-state index is 13.5. The largest absolute Gasteiger partial charge is 0.334 e. The van der Waals surface area contributed by atoms with Crippen molar-refractivity contribution in [3.8, 4) is 0 Å². The number of likely N-dealkylation sites (tertiary alicyclic amines) is 1. The van der Waals surface area contributed by atoms with Crippen LogP contribution in [-0.4, -0.2) is 50.9 Å². The van der Waals surface area contributed by atoms with Gasteiger partial charge in [0.2, 0.25) is 5.95 Å². The summed E-state index contributed by atoms with van der Waals surface area (Å²) in [6.45, 7) is 4.99. The number of hydrogen-bond acceptors (Lipinski definition) is 5. The Morgan fingerprint density at radius 2 is 1.77 bits per heavy atom. The lowest BCUT2D eigenvalue weighted by Gasteiger charge is -2.41. The van der Waals surface area contributed by atoms with E-state index in [9.17, 15) is 9.18 Å². The van der Waals surface area contributed by atoms with E-state index in [0.29, 0.717) is 13.1 Å². The van der Waals surface area contributed by atoms with Gasteiger partial charge in [0.25, 0.3) is 5.91 Å². The van der Waals surface area contributed by atoms with Gasteiger partial charge in [-0.3, -0.25) is 4.79 Å². The first kappa shape index (κ1) is 17.1. The summed E-state index contributed by atoms with van der Waals surface area (Å²) in [6, 6.07) is 3.40. The molecule has 0 aliphatic carbocycles. The van der Waals surface area contributed by atoms with Crippen molar-refractivity contribution in [1.29, 1.82) is 0 Å². The summed E-state index contributed by atoms with van der Waals surface area (Å²) in [4.78, 5) is 29.7. The standard InChI is InChI=1S/C18H19ClFN5O/c1-10-5-11(2)23-18(22-10)25-13-3-4-14(25)9-24(8-13)17(26)15-6-12(20)7-21-16(15)19/h5-7,13-14H,3-4,8-9H2,1-2H3. The molecule has 0 spiro atoms. The molecule has 2 aliphatic rings. The van der Waals surface area contributed by atoms with Crippen LogP contribution < -0.4 is 4.90 Å². The SMILES string of the molecule is Cc1cc(C)nc(N2C3CCC2CN(C(=O)c2cc(F)cnc2Cl)C3)n1. The first-order chi connectivity index (χ1) is 12.4. The van der Waals surface area contributed by atoms with Crippen molar-refractivity contribution >= 4 is 23.5 Å². The number of fused-ring (bicyclic) bond motifs is 2. The van der Waals surface area contributed by atoms with E-state index in [-0.39, 0.29) is 28.7 Å². The van der Waals surface area contributed by atoms with E-state index < -0.39 is 5.82 Å². The van der Waals surface area contributed by atoms with Gasteiger partial charge in [-0.1, -0.05) is 11.6 Å². The highest BCUT2D eigenvalue weighted by Gasteiger charge is 2.43. The summed E-state index contributed by atoms with van der Waals surface area (Å²) < 4.78 is 13.5. The molecule has 2 unspecified atom stereocenters. The molecule has 0 N–H and O–H groups in total. The minimum Gasteiger partial charge on any atom is -0.334 e. The molecule has 26 heavy (non-hydrogen) atoms. The summed E-state index contributed by atoms with van der Waals surface area (Å²) in [5.74, 6) is -0.115. The lowest BCUT2D eigenvalue weighted by molar-refractivity contribution is 0.0716. The number of rotatable bonds is 2. The van der Waals surface area contributed by atoms with Crippen LogP contribution in [0.5, 0.6) is 0 Å². The Morgan fingerprint density at radius 1 is 1.15 bits per heavy atom. The van der Waals surface area contributed by atoms with Gasteiger partial charge < -0.3 is 9.80 Å². The monoisotopic (exact) mass is 375 g/mol. The van der Waals surface area contributed by atoms with Crippen LogP contribution in [0.3, 0.4) is 0 Å². The number of carbonyl (C=O) groups is 1. The third-order valence-electron chi connectivity index (χ3n) is 5.01. The fourth-order valence-corrected chi connectivity index (χ4v) is 4.15. The average molecular weight is 376 g/mol. The molecule has 0 aromatic carbocycles. The van der Waals surface area contributed by atoms with Crippen LogP contribution in [0.25, 0.3) is 0 Å². The number of pyridine rings is 1. The van der Waals surface area contributed by atoms with E-state index in [2.05, 4.69) is 19.9 Å². The maximum Gasteiger partial charge on any atom is 0.257 e. The topological polar surface area (TPSA) is 62.2 Å². The van der Waals surface area contributed by atoms with Gasteiger partial charge in [-0.15, -0.1) is 0 Å². The Balaban J connectivity index is 1.58. The third kappa shape index (κ3) is 3.00. The van der Waals surface area contributed by atoms with Crippen molar-refractivity contribution in [2.75, 3.05) is 18.0 Å². The molecule has 2 aromatic heterocycles. The molecule has 8 heteroatoms. The van der Waals surface area contributed by atoms with Crippen LogP contribution in [-0.2, 0) is 0 Å². The first-order valence-electron chi connectivity index (χ1n) is 8.63. The summed E-state index contributed by atoms with van der Waals surface area (Å²) >= 11 is 6.00. The van der Waals surface area contributed by atoms with E-state index in [1.165, 1.54) is 0 Å². The number of anilines is 1. The summed E-state index contributed by atoms with van der Waals surface area (Å²) in [5.41, 5.74) is 1.98. The van der Waals surface area contributed by atoms with Crippen LogP contribution in [0.4, 0.5) is 10.3 Å². The van der Waals surface area contributed by atoms with Gasteiger partial charge in [-0.05, 0) is 38.8 Å². The Hall–Kier alpha value is -2.28. The predicted octanol–water partition coefficient (Wildman–Crippen LogP) is 2.77. The molecular weight excluding hydrogens is 357 g/mol.